The molecule has 0 aromatic rings. The molecule has 0 saturated heterocycles. The number of hydrogen-bond donors (Lipinski definition) is 0. The molecule has 0 saturated carbocycles. The Morgan fingerprint density at radius 1 is 0.500 bits per heavy atom. The minimum absolute atomic E-state index is 0. The molecule has 0 aliphatic carbocycles. The molecule has 0 heterocycles. The van der Waals surface area contributed by atoms with Crippen LogP contribution in [0.2, 0.25) is 0 Å². The first kappa shape index (κ1) is 33.2. The van der Waals surface area contributed by atoms with Gasteiger partial charge >= 0.3 is 73.9 Å². The molecule has 0 bridgehead atoms. The van der Waals surface area contributed by atoms with Gasteiger partial charge < -0.3 is 0 Å². The van der Waals surface area contributed by atoms with Crippen molar-refractivity contribution in [2.45, 2.75) is 0 Å². The summed E-state index contributed by atoms with van der Waals surface area (Å²) in [6, 6.07) is 0. The monoisotopic (exact) mass is 54.1 g/mol. The van der Waals surface area contributed by atoms with Crippen molar-refractivity contribution in [3.8, 4) is 0 Å². The molecule has 4 heteroatoms. The van der Waals surface area contributed by atoms with E-state index in [9.17, 15) is 0 Å². The molecule has 0 spiro atoms. The first-order valence-corrected chi connectivity index (χ1v) is 0. The molecule has 0 N–H and O–H groups in total. The van der Waals surface area contributed by atoms with Gasteiger partial charge in [0.2, 0.25) is 0 Å². The van der Waals surface area contributed by atoms with Crippen molar-refractivity contribution in [1.82, 2.24) is 0 Å². The SMILES string of the molecule is [AlH6-3].[Li+].[Li+].[Li+]. The summed E-state index contributed by atoms with van der Waals surface area (Å²) in [4.78, 5) is 0. The number of hydrogen-bond acceptors (Lipinski definition) is 0. The van der Waals surface area contributed by atoms with Crippen LogP contribution in [0.25, 0.3) is 0 Å². The van der Waals surface area contributed by atoms with E-state index in [0.717, 1.165) is 0 Å². The van der Waals surface area contributed by atoms with Crippen LogP contribution in [-0.2, 0) is 0 Å². The maximum atomic E-state index is 0. The summed E-state index contributed by atoms with van der Waals surface area (Å²) >= 11 is 0. The van der Waals surface area contributed by atoms with Gasteiger partial charge in [0.15, 0.2) is 0 Å². The summed E-state index contributed by atoms with van der Waals surface area (Å²) in [6.45, 7) is 0. The molecule has 0 nitrogen and oxygen atoms in total. The normalized spacial score (nSPS) is 0. The summed E-state index contributed by atoms with van der Waals surface area (Å²) in [7, 11) is 0. The summed E-state index contributed by atoms with van der Waals surface area (Å²) in [5.41, 5.74) is 0. The molecule has 0 unspecified atom stereocenters. The van der Waals surface area contributed by atoms with Crippen LogP contribution in [0, 0.1) is 0 Å². The van der Waals surface area contributed by atoms with Gasteiger partial charge in [0, 0.05) is 0 Å². The Bertz CT molecular complexity index is 3.25. The third-order valence-electron chi connectivity index (χ3n) is 0. The van der Waals surface area contributed by atoms with E-state index >= 15 is 0 Å². The van der Waals surface area contributed by atoms with Gasteiger partial charge in [-0.1, -0.05) is 0 Å². The maximum absolute atomic E-state index is 0. The first-order chi connectivity index (χ1) is 0. The topological polar surface area (TPSA) is 0 Å². The second kappa shape index (κ2) is 18.4. The summed E-state index contributed by atoms with van der Waals surface area (Å²) in [5.74, 6) is 0. The first-order valence-electron chi connectivity index (χ1n) is 0. The smallest absolute Gasteiger partial charge is 1.00 e. The van der Waals surface area contributed by atoms with Gasteiger partial charge in [-0.15, -0.1) is 0 Å². The summed E-state index contributed by atoms with van der Waals surface area (Å²) in [5, 5.41) is 0. The molecule has 0 aromatic carbocycles. The van der Waals surface area contributed by atoms with Crippen molar-refractivity contribution in [2.75, 3.05) is 0 Å². The Kier molecular flexibility index (Phi) is 153. The maximum Gasteiger partial charge on any atom is 1.00 e. The van der Waals surface area contributed by atoms with Crippen molar-refractivity contribution in [3.05, 3.63) is 0 Å². The van der Waals surface area contributed by atoms with Crippen molar-refractivity contribution in [1.29, 1.82) is 0 Å². The van der Waals surface area contributed by atoms with Crippen LogP contribution < -0.4 is 56.6 Å². The molecule has 0 aliphatic heterocycles. The van der Waals surface area contributed by atoms with E-state index < -0.39 is 0 Å². The van der Waals surface area contributed by atoms with Crippen LogP contribution >= 0.6 is 0 Å². The van der Waals surface area contributed by atoms with E-state index in [1.807, 2.05) is 0 Å². The molecule has 0 aliphatic rings. The predicted molar refractivity (Wildman–Crippen MR) is 14.1 cm³/mol. The largest absolute Gasteiger partial charge is 1.00 e. The van der Waals surface area contributed by atoms with E-state index in [0.29, 0.717) is 0 Å². The standard InChI is InChI=1S/Al.3Li.6H/q-3;3*+1;;;;;;. The van der Waals surface area contributed by atoms with Gasteiger partial charge in [-0.3, -0.25) is 0 Å². The van der Waals surface area contributed by atoms with E-state index in [-0.39, 0.29) is 73.9 Å². The van der Waals surface area contributed by atoms with Crippen LogP contribution in [0.5, 0.6) is 0 Å². The zero-order valence-electron chi connectivity index (χ0n) is 3.00. The van der Waals surface area contributed by atoms with Gasteiger partial charge in [0.25, 0.3) is 0 Å². The Hall–Kier alpha value is 2.32. The van der Waals surface area contributed by atoms with Crippen LogP contribution in [0.3, 0.4) is 0 Å². The fraction of sp³-hybridized carbons (Fsp3) is 0. The van der Waals surface area contributed by atoms with E-state index in [1.54, 1.807) is 0 Å². The summed E-state index contributed by atoms with van der Waals surface area (Å²) < 4.78 is 0. The fourth-order valence-electron chi connectivity index (χ4n) is 0. The Morgan fingerprint density at radius 2 is 0.500 bits per heavy atom. The zero-order valence-corrected chi connectivity index (χ0v) is 3.00. The van der Waals surface area contributed by atoms with Gasteiger partial charge in [-0.25, -0.2) is 0 Å². The van der Waals surface area contributed by atoms with Crippen LogP contribution in [0.4, 0.5) is 0 Å². The van der Waals surface area contributed by atoms with Crippen LogP contribution in [0.15, 0.2) is 0 Å². The molecule has 0 atom stereocenters. The van der Waals surface area contributed by atoms with E-state index in [2.05, 4.69) is 0 Å². The fourth-order valence-corrected chi connectivity index (χ4v) is 0. The molecule has 0 amide bonds. The van der Waals surface area contributed by atoms with Gasteiger partial charge in [-0.2, -0.15) is 0 Å². The number of rotatable bonds is 0. The molecular weight excluding hydrogens is 47.8 g/mol. The third-order valence-corrected chi connectivity index (χ3v) is 0. The zero-order chi connectivity index (χ0) is 0. The van der Waals surface area contributed by atoms with Crippen molar-refractivity contribution < 1.29 is 56.6 Å². The molecule has 12 valence electrons. The predicted octanol–water partition coefficient (Wildman–Crippen LogP) is -11.0. The van der Waals surface area contributed by atoms with Gasteiger partial charge in [-0.05, 0) is 0 Å². The Labute approximate surface area is 73.1 Å². The molecule has 4 heavy (non-hydrogen) atoms. The second-order valence-corrected chi connectivity index (χ2v) is 0. The average Bonchev–Trinajstić information content (AvgIpc) is 0. The van der Waals surface area contributed by atoms with Crippen molar-refractivity contribution in [3.63, 3.8) is 0 Å². The Balaban J connectivity index is 0. The van der Waals surface area contributed by atoms with E-state index in [1.165, 1.54) is 0 Å². The van der Waals surface area contributed by atoms with Crippen molar-refractivity contribution >= 4 is 17.4 Å². The van der Waals surface area contributed by atoms with Crippen LogP contribution in [-0.4, -0.2) is 17.4 Å². The molecule has 0 fully saturated rings. The van der Waals surface area contributed by atoms with E-state index in [4.69, 9.17) is 0 Å². The third kappa shape index (κ3) is 8.85. The second-order valence-electron chi connectivity index (χ2n) is 0. The minimum Gasteiger partial charge on any atom is 1.00 e. The quantitative estimate of drug-likeness (QED) is 0.241. The molecule has 0 aromatic heterocycles. The Morgan fingerprint density at radius 3 is 0.500 bits per heavy atom. The molecular formula is H6AlLi3. The average molecular weight is 53.9 g/mol. The van der Waals surface area contributed by atoms with Crippen molar-refractivity contribution in [2.24, 2.45) is 0 Å². The molecule has 0 rings (SSSR count). The van der Waals surface area contributed by atoms with Gasteiger partial charge in [0.05, 0.1) is 0 Å². The molecule has 0 radical (unpaired) electrons. The van der Waals surface area contributed by atoms with Crippen LogP contribution in [0.1, 0.15) is 0 Å². The van der Waals surface area contributed by atoms with Gasteiger partial charge in [0.1, 0.15) is 0 Å². The summed E-state index contributed by atoms with van der Waals surface area (Å²) in [6.07, 6.45) is 0. The minimum atomic E-state index is 0.